The van der Waals surface area contributed by atoms with Gasteiger partial charge in [0.25, 0.3) is 0 Å². The number of fused-ring (bicyclic) bond motifs is 5. The minimum atomic E-state index is -0.131. The fourth-order valence-electron chi connectivity index (χ4n) is 5.76. The SMILES string of the molecule is COC1CCc2c(ccc3c2CC[C@]2(C)[C@@H](OC(C)=O)CCC[C@@H]32)C1. The monoisotopic (exact) mass is 342 g/mol. The molecule has 0 aliphatic heterocycles. The van der Waals surface area contributed by atoms with E-state index < -0.39 is 0 Å². The highest BCUT2D eigenvalue weighted by Gasteiger charge is 2.49. The van der Waals surface area contributed by atoms with Gasteiger partial charge in [-0.25, -0.2) is 0 Å². The summed E-state index contributed by atoms with van der Waals surface area (Å²) in [5.74, 6) is 0.397. The van der Waals surface area contributed by atoms with Crippen molar-refractivity contribution in [2.45, 2.75) is 83.3 Å². The molecular formula is C22H30O3. The molecule has 0 amide bonds. The number of benzene rings is 1. The second-order valence-corrected chi connectivity index (χ2v) is 8.46. The molecule has 4 rings (SSSR count). The van der Waals surface area contributed by atoms with Crippen LogP contribution in [-0.2, 0) is 33.5 Å². The molecule has 0 spiro atoms. The van der Waals surface area contributed by atoms with Crippen molar-refractivity contribution in [3.05, 3.63) is 34.4 Å². The van der Waals surface area contributed by atoms with Crippen LogP contribution in [0.3, 0.4) is 0 Å². The standard InChI is InChI=1S/C22H30O3/c1-14(23)25-21-6-4-5-20-19-9-7-15-13-16(24-3)8-10-17(15)18(19)11-12-22(20,21)2/h7,9,16,20-21H,4-6,8,10-13H2,1-3H3/t16?,20-,21-,22-/m0/s1. The van der Waals surface area contributed by atoms with Gasteiger partial charge in [0.2, 0.25) is 0 Å². The second-order valence-electron chi connectivity index (χ2n) is 8.46. The summed E-state index contributed by atoms with van der Waals surface area (Å²) in [6.07, 6.45) is 9.44. The molecule has 3 heteroatoms. The summed E-state index contributed by atoms with van der Waals surface area (Å²) < 4.78 is 11.4. The summed E-state index contributed by atoms with van der Waals surface area (Å²) in [5.41, 5.74) is 6.34. The summed E-state index contributed by atoms with van der Waals surface area (Å²) in [6, 6.07) is 4.73. The molecule has 0 aromatic heterocycles. The van der Waals surface area contributed by atoms with Crippen LogP contribution in [0.25, 0.3) is 0 Å². The first-order valence-electron chi connectivity index (χ1n) is 9.86. The number of rotatable bonds is 2. The van der Waals surface area contributed by atoms with Crippen molar-refractivity contribution in [1.82, 2.24) is 0 Å². The number of carbonyl (C=O) groups excluding carboxylic acids is 1. The average Bonchev–Trinajstić information content (AvgIpc) is 2.61. The third-order valence-electron chi connectivity index (χ3n) is 7.15. The van der Waals surface area contributed by atoms with E-state index in [0.717, 1.165) is 44.9 Å². The Hall–Kier alpha value is -1.35. The number of hydrogen-bond donors (Lipinski definition) is 0. The van der Waals surface area contributed by atoms with Crippen molar-refractivity contribution in [1.29, 1.82) is 0 Å². The van der Waals surface area contributed by atoms with Crippen LogP contribution in [0.1, 0.15) is 74.1 Å². The van der Waals surface area contributed by atoms with E-state index in [1.165, 1.54) is 12.0 Å². The fourth-order valence-corrected chi connectivity index (χ4v) is 5.76. The van der Waals surface area contributed by atoms with Gasteiger partial charge in [-0.1, -0.05) is 19.1 Å². The third-order valence-corrected chi connectivity index (χ3v) is 7.15. The van der Waals surface area contributed by atoms with Gasteiger partial charge in [0, 0.05) is 19.4 Å². The van der Waals surface area contributed by atoms with E-state index in [9.17, 15) is 4.79 Å². The van der Waals surface area contributed by atoms with Crippen LogP contribution in [0, 0.1) is 5.41 Å². The van der Waals surface area contributed by atoms with Crippen molar-refractivity contribution in [2.75, 3.05) is 7.11 Å². The number of esters is 1. The van der Waals surface area contributed by atoms with Crippen LogP contribution in [-0.4, -0.2) is 25.3 Å². The number of hydrogen-bond acceptors (Lipinski definition) is 3. The van der Waals surface area contributed by atoms with E-state index in [-0.39, 0.29) is 17.5 Å². The lowest BCUT2D eigenvalue weighted by molar-refractivity contribution is -0.158. The zero-order valence-corrected chi connectivity index (χ0v) is 15.8. The molecule has 1 unspecified atom stereocenters. The highest BCUT2D eigenvalue weighted by molar-refractivity contribution is 5.66. The molecule has 1 aromatic rings. The van der Waals surface area contributed by atoms with Gasteiger partial charge in [-0.3, -0.25) is 4.79 Å². The van der Waals surface area contributed by atoms with Crippen LogP contribution in [0.4, 0.5) is 0 Å². The molecule has 25 heavy (non-hydrogen) atoms. The lowest BCUT2D eigenvalue weighted by Crippen LogP contribution is -2.46. The third kappa shape index (κ3) is 2.81. The zero-order valence-electron chi connectivity index (χ0n) is 15.8. The lowest BCUT2D eigenvalue weighted by Gasteiger charge is -2.50. The largest absolute Gasteiger partial charge is 0.462 e. The highest BCUT2D eigenvalue weighted by Crippen LogP contribution is 2.55. The topological polar surface area (TPSA) is 35.5 Å². The minimum Gasteiger partial charge on any atom is -0.462 e. The molecule has 0 bridgehead atoms. The maximum absolute atomic E-state index is 11.6. The number of methoxy groups -OCH3 is 1. The summed E-state index contributed by atoms with van der Waals surface area (Å²) in [7, 11) is 1.83. The van der Waals surface area contributed by atoms with Crippen molar-refractivity contribution >= 4 is 5.97 Å². The van der Waals surface area contributed by atoms with Crippen molar-refractivity contribution in [3.8, 4) is 0 Å². The molecule has 0 heterocycles. The van der Waals surface area contributed by atoms with Crippen molar-refractivity contribution in [2.24, 2.45) is 5.41 Å². The Kier molecular flexibility index (Phi) is 4.39. The summed E-state index contributed by atoms with van der Waals surface area (Å²) in [5, 5.41) is 0. The van der Waals surface area contributed by atoms with Gasteiger partial charge < -0.3 is 9.47 Å². The molecule has 0 saturated heterocycles. The number of ether oxygens (including phenoxy) is 2. The van der Waals surface area contributed by atoms with Gasteiger partial charge in [-0.15, -0.1) is 0 Å². The first kappa shape index (κ1) is 17.1. The van der Waals surface area contributed by atoms with Crippen LogP contribution in [0.15, 0.2) is 12.1 Å². The van der Waals surface area contributed by atoms with E-state index in [1.807, 2.05) is 7.11 Å². The minimum absolute atomic E-state index is 0.0748. The molecule has 1 aromatic carbocycles. The predicted molar refractivity (Wildman–Crippen MR) is 97.8 cm³/mol. The van der Waals surface area contributed by atoms with Gasteiger partial charge in [-0.05, 0) is 79.5 Å². The van der Waals surface area contributed by atoms with Gasteiger partial charge in [-0.2, -0.15) is 0 Å². The van der Waals surface area contributed by atoms with Gasteiger partial charge >= 0.3 is 5.97 Å². The summed E-state index contributed by atoms with van der Waals surface area (Å²) in [4.78, 5) is 11.6. The first-order valence-corrected chi connectivity index (χ1v) is 9.86. The van der Waals surface area contributed by atoms with Gasteiger partial charge in [0.05, 0.1) is 6.10 Å². The molecule has 0 radical (unpaired) electrons. The smallest absolute Gasteiger partial charge is 0.302 e. The Labute approximate surface area is 151 Å². The first-order chi connectivity index (χ1) is 12.0. The normalized spacial score (nSPS) is 33.8. The second kappa shape index (κ2) is 6.42. The van der Waals surface area contributed by atoms with E-state index in [2.05, 4.69) is 19.1 Å². The van der Waals surface area contributed by atoms with Crippen LogP contribution < -0.4 is 0 Å². The highest BCUT2D eigenvalue weighted by atomic mass is 16.5. The van der Waals surface area contributed by atoms with E-state index in [4.69, 9.17) is 9.47 Å². The van der Waals surface area contributed by atoms with Gasteiger partial charge in [0.1, 0.15) is 6.10 Å². The molecule has 136 valence electrons. The molecular weight excluding hydrogens is 312 g/mol. The Balaban J connectivity index is 1.69. The maximum atomic E-state index is 11.6. The summed E-state index contributed by atoms with van der Waals surface area (Å²) in [6.45, 7) is 3.90. The average molecular weight is 342 g/mol. The number of carbonyl (C=O) groups is 1. The lowest BCUT2D eigenvalue weighted by atomic mass is 9.56. The quantitative estimate of drug-likeness (QED) is 0.750. The molecule has 3 aliphatic rings. The van der Waals surface area contributed by atoms with E-state index in [1.54, 1.807) is 23.6 Å². The molecule has 0 N–H and O–H groups in total. The Bertz CT molecular complexity index is 680. The fraction of sp³-hybridized carbons (Fsp3) is 0.682. The van der Waals surface area contributed by atoms with Crippen LogP contribution in [0.2, 0.25) is 0 Å². The Morgan fingerprint density at radius 1 is 1.16 bits per heavy atom. The van der Waals surface area contributed by atoms with E-state index >= 15 is 0 Å². The van der Waals surface area contributed by atoms with Crippen molar-refractivity contribution in [3.63, 3.8) is 0 Å². The Morgan fingerprint density at radius 2 is 2.00 bits per heavy atom. The zero-order chi connectivity index (χ0) is 17.6. The van der Waals surface area contributed by atoms with Crippen molar-refractivity contribution < 1.29 is 14.3 Å². The molecule has 3 nitrogen and oxygen atoms in total. The molecule has 3 aliphatic carbocycles. The molecule has 1 fully saturated rings. The molecule has 4 atom stereocenters. The maximum Gasteiger partial charge on any atom is 0.302 e. The van der Waals surface area contributed by atoms with Crippen LogP contribution >= 0.6 is 0 Å². The van der Waals surface area contributed by atoms with E-state index in [0.29, 0.717) is 12.0 Å². The summed E-state index contributed by atoms with van der Waals surface area (Å²) >= 11 is 0. The Morgan fingerprint density at radius 3 is 2.76 bits per heavy atom. The molecule has 1 saturated carbocycles. The van der Waals surface area contributed by atoms with Gasteiger partial charge in [0.15, 0.2) is 0 Å². The predicted octanol–water partition coefficient (Wildman–Crippen LogP) is 4.34. The van der Waals surface area contributed by atoms with Crippen LogP contribution in [0.5, 0.6) is 0 Å².